The molecule has 0 spiro atoms. The van der Waals surface area contributed by atoms with E-state index in [2.05, 4.69) is 9.97 Å². The number of rotatable bonds is 5. The van der Waals surface area contributed by atoms with E-state index >= 15 is 0 Å². The van der Waals surface area contributed by atoms with E-state index in [9.17, 15) is 9.59 Å². The third-order valence-electron chi connectivity index (χ3n) is 2.46. The maximum Gasteiger partial charge on any atom is 0.326 e. The summed E-state index contributed by atoms with van der Waals surface area (Å²) < 4.78 is 0. The molecule has 0 bridgehead atoms. The average Bonchev–Trinajstić information content (AvgIpc) is 2.76. The van der Waals surface area contributed by atoms with E-state index in [-0.39, 0.29) is 6.42 Å². The summed E-state index contributed by atoms with van der Waals surface area (Å²) in [6.45, 7) is 1.52. The lowest BCUT2D eigenvalue weighted by Gasteiger charge is -2.25. The SMILES string of the molecule is CC(N)C(=O)N(C)C(Cc1cnc[nH]1)C(=O)O. The Morgan fingerprint density at radius 3 is 2.71 bits per heavy atom. The number of nitrogens with zero attached hydrogens (tertiary/aromatic N) is 2. The molecular weight excluding hydrogens is 224 g/mol. The molecule has 94 valence electrons. The number of likely N-dealkylation sites (N-methyl/N-ethyl adjacent to an activating group) is 1. The second-order valence-electron chi connectivity index (χ2n) is 3.87. The predicted octanol–water partition coefficient (Wildman–Crippen LogP) is -0.789. The van der Waals surface area contributed by atoms with Crippen LogP contribution in [0.5, 0.6) is 0 Å². The van der Waals surface area contributed by atoms with E-state index in [4.69, 9.17) is 10.8 Å². The van der Waals surface area contributed by atoms with Crippen molar-refractivity contribution < 1.29 is 14.7 Å². The molecule has 7 nitrogen and oxygen atoms in total. The predicted molar refractivity (Wildman–Crippen MR) is 60.1 cm³/mol. The maximum atomic E-state index is 11.6. The lowest BCUT2D eigenvalue weighted by atomic mass is 10.1. The molecule has 1 amide bonds. The fourth-order valence-corrected chi connectivity index (χ4v) is 1.47. The molecule has 0 fully saturated rings. The number of imidazole rings is 1. The Labute approximate surface area is 98.6 Å². The largest absolute Gasteiger partial charge is 0.480 e. The Morgan fingerprint density at radius 2 is 2.29 bits per heavy atom. The summed E-state index contributed by atoms with van der Waals surface area (Å²) in [4.78, 5) is 30.5. The number of carboxylic acid groups (broad SMARTS) is 1. The number of aromatic nitrogens is 2. The number of aromatic amines is 1. The minimum atomic E-state index is -1.07. The zero-order chi connectivity index (χ0) is 13.0. The first-order valence-electron chi connectivity index (χ1n) is 5.15. The van der Waals surface area contributed by atoms with Gasteiger partial charge in [-0.3, -0.25) is 4.79 Å². The van der Waals surface area contributed by atoms with E-state index in [1.165, 1.54) is 26.5 Å². The topological polar surface area (TPSA) is 112 Å². The van der Waals surface area contributed by atoms with Crippen LogP contribution in [0.15, 0.2) is 12.5 Å². The summed E-state index contributed by atoms with van der Waals surface area (Å²) in [5.74, 6) is -1.48. The second kappa shape index (κ2) is 5.44. The number of H-pyrrole nitrogens is 1. The summed E-state index contributed by atoms with van der Waals surface area (Å²) in [6, 6.07) is -1.67. The van der Waals surface area contributed by atoms with Gasteiger partial charge in [-0.05, 0) is 6.92 Å². The summed E-state index contributed by atoms with van der Waals surface area (Å²) >= 11 is 0. The number of hydrogen-bond acceptors (Lipinski definition) is 4. The first-order valence-corrected chi connectivity index (χ1v) is 5.15. The highest BCUT2D eigenvalue weighted by Crippen LogP contribution is 2.06. The smallest absolute Gasteiger partial charge is 0.326 e. The molecule has 0 saturated heterocycles. The van der Waals surface area contributed by atoms with Crippen LogP contribution in [-0.2, 0) is 16.0 Å². The lowest BCUT2D eigenvalue weighted by Crippen LogP contribution is -2.49. The molecule has 0 aliphatic carbocycles. The molecule has 2 unspecified atom stereocenters. The van der Waals surface area contributed by atoms with Gasteiger partial charge in [0.2, 0.25) is 5.91 Å². The van der Waals surface area contributed by atoms with E-state index in [1.54, 1.807) is 0 Å². The highest BCUT2D eigenvalue weighted by molar-refractivity contribution is 5.86. The van der Waals surface area contributed by atoms with Gasteiger partial charge < -0.3 is 20.7 Å². The minimum Gasteiger partial charge on any atom is -0.480 e. The quantitative estimate of drug-likeness (QED) is 0.624. The van der Waals surface area contributed by atoms with E-state index in [0.717, 1.165) is 4.90 Å². The Morgan fingerprint density at radius 1 is 1.65 bits per heavy atom. The molecule has 0 saturated carbocycles. The fourth-order valence-electron chi connectivity index (χ4n) is 1.47. The van der Waals surface area contributed by atoms with Gasteiger partial charge in [-0.1, -0.05) is 0 Å². The van der Waals surface area contributed by atoms with Crippen molar-refractivity contribution in [1.82, 2.24) is 14.9 Å². The Balaban J connectivity index is 2.79. The number of nitrogens with one attached hydrogen (secondary N) is 1. The molecule has 1 aromatic heterocycles. The van der Waals surface area contributed by atoms with Gasteiger partial charge in [0.25, 0.3) is 0 Å². The van der Waals surface area contributed by atoms with Gasteiger partial charge in [-0.2, -0.15) is 0 Å². The van der Waals surface area contributed by atoms with Gasteiger partial charge in [0.05, 0.1) is 12.4 Å². The Kier molecular flexibility index (Phi) is 4.22. The van der Waals surface area contributed by atoms with Crippen molar-refractivity contribution in [2.45, 2.75) is 25.4 Å². The summed E-state index contributed by atoms with van der Waals surface area (Å²) in [5.41, 5.74) is 6.10. The molecule has 7 heteroatoms. The van der Waals surface area contributed by atoms with Crippen LogP contribution in [0.4, 0.5) is 0 Å². The van der Waals surface area contributed by atoms with Crippen molar-refractivity contribution >= 4 is 11.9 Å². The van der Waals surface area contributed by atoms with Crippen molar-refractivity contribution in [3.8, 4) is 0 Å². The molecule has 4 N–H and O–H groups in total. The van der Waals surface area contributed by atoms with Crippen LogP contribution < -0.4 is 5.73 Å². The number of nitrogens with two attached hydrogens (primary N) is 1. The van der Waals surface area contributed by atoms with Crippen molar-refractivity contribution in [3.05, 3.63) is 18.2 Å². The summed E-state index contributed by atoms with van der Waals surface area (Å²) in [7, 11) is 1.43. The number of aliphatic carboxylic acids is 1. The Bertz CT molecular complexity index is 388. The average molecular weight is 240 g/mol. The highest BCUT2D eigenvalue weighted by Gasteiger charge is 2.28. The van der Waals surface area contributed by atoms with Crippen LogP contribution >= 0.6 is 0 Å². The first-order chi connectivity index (χ1) is 7.93. The van der Waals surface area contributed by atoms with Gasteiger partial charge in [0.15, 0.2) is 0 Å². The van der Waals surface area contributed by atoms with E-state index in [1.807, 2.05) is 0 Å². The van der Waals surface area contributed by atoms with Crippen LogP contribution in [0, 0.1) is 0 Å². The second-order valence-corrected chi connectivity index (χ2v) is 3.87. The summed E-state index contributed by atoms with van der Waals surface area (Å²) in [5, 5.41) is 9.10. The molecule has 0 aliphatic rings. The number of carbonyl (C=O) groups is 2. The molecule has 2 atom stereocenters. The summed E-state index contributed by atoms with van der Waals surface area (Å²) in [6.07, 6.45) is 3.16. The first kappa shape index (κ1) is 13.2. The third-order valence-corrected chi connectivity index (χ3v) is 2.46. The standard InChI is InChI=1S/C10H16N4O3/c1-6(11)9(15)14(2)8(10(16)17)3-7-4-12-5-13-7/h4-6,8H,3,11H2,1-2H3,(H,12,13)(H,16,17). The van der Waals surface area contributed by atoms with Crippen LogP contribution in [0.2, 0.25) is 0 Å². The Hall–Kier alpha value is -1.89. The van der Waals surface area contributed by atoms with E-state index < -0.39 is 24.0 Å². The molecule has 1 heterocycles. The number of amides is 1. The number of carboxylic acids is 1. The number of hydrogen-bond donors (Lipinski definition) is 3. The molecule has 17 heavy (non-hydrogen) atoms. The van der Waals surface area contributed by atoms with Crippen LogP contribution in [0.25, 0.3) is 0 Å². The molecule has 0 aromatic carbocycles. The fraction of sp³-hybridized carbons (Fsp3) is 0.500. The van der Waals surface area contributed by atoms with Gasteiger partial charge >= 0.3 is 5.97 Å². The molecular formula is C10H16N4O3. The molecule has 1 aromatic rings. The lowest BCUT2D eigenvalue weighted by molar-refractivity contribution is -0.149. The number of carbonyl (C=O) groups excluding carboxylic acids is 1. The molecule has 1 rings (SSSR count). The monoisotopic (exact) mass is 240 g/mol. The van der Waals surface area contributed by atoms with Crippen LogP contribution in [0.3, 0.4) is 0 Å². The van der Waals surface area contributed by atoms with Crippen molar-refractivity contribution in [1.29, 1.82) is 0 Å². The zero-order valence-electron chi connectivity index (χ0n) is 9.75. The van der Waals surface area contributed by atoms with Gasteiger partial charge in [-0.15, -0.1) is 0 Å². The van der Waals surface area contributed by atoms with Gasteiger partial charge in [-0.25, -0.2) is 9.78 Å². The zero-order valence-corrected chi connectivity index (χ0v) is 9.75. The normalized spacial score (nSPS) is 14.1. The highest BCUT2D eigenvalue weighted by atomic mass is 16.4. The van der Waals surface area contributed by atoms with Crippen molar-refractivity contribution in [2.75, 3.05) is 7.05 Å². The van der Waals surface area contributed by atoms with Gasteiger partial charge in [0, 0.05) is 25.4 Å². The van der Waals surface area contributed by atoms with Crippen LogP contribution in [0.1, 0.15) is 12.6 Å². The van der Waals surface area contributed by atoms with Crippen molar-refractivity contribution in [3.63, 3.8) is 0 Å². The molecule has 0 radical (unpaired) electrons. The minimum absolute atomic E-state index is 0.171. The van der Waals surface area contributed by atoms with Crippen LogP contribution in [-0.4, -0.2) is 51.0 Å². The van der Waals surface area contributed by atoms with Gasteiger partial charge in [0.1, 0.15) is 6.04 Å². The van der Waals surface area contributed by atoms with E-state index in [0.29, 0.717) is 5.69 Å². The van der Waals surface area contributed by atoms with Crippen molar-refractivity contribution in [2.24, 2.45) is 5.73 Å². The molecule has 0 aliphatic heterocycles. The third kappa shape index (κ3) is 3.28. The maximum absolute atomic E-state index is 11.6.